The summed E-state index contributed by atoms with van der Waals surface area (Å²) in [6.45, 7) is 1.11. The van der Waals surface area contributed by atoms with Gasteiger partial charge in [0.1, 0.15) is 6.61 Å². The topological polar surface area (TPSA) is 39.4 Å². The summed E-state index contributed by atoms with van der Waals surface area (Å²) in [6.07, 6.45) is -15.5. The Kier molecular flexibility index (Phi) is 7.63. The molecule has 14 heteroatoms. The van der Waals surface area contributed by atoms with Gasteiger partial charge in [-0.25, -0.2) is 9.98 Å². The Hall–Kier alpha value is -3.22. The number of rotatable bonds is 5. The maximum atomic E-state index is 13.5. The van der Waals surface area contributed by atoms with Crippen molar-refractivity contribution < 1.29 is 44.3 Å². The van der Waals surface area contributed by atoms with Crippen molar-refractivity contribution in [1.82, 2.24) is 9.55 Å². The SMILES string of the molecule is CCn1c(OCc2ccccc2)cc(C(F)(F)F)nc1=Nc1cc(C(F)(F)F)cc(C(F)(F)F)c1Cl. The first-order chi connectivity index (χ1) is 16.6. The summed E-state index contributed by atoms with van der Waals surface area (Å²) in [5, 5.41) is -1.23. The van der Waals surface area contributed by atoms with Crippen LogP contribution in [0.5, 0.6) is 5.88 Å². The first-order valence-corrected chi connectivity index (χ1v) is 10.4. The summed E-state index contributed by atoms with van der Waals surface area (Å²) in [5.41, 5.74) is -6.46. The molecule has 0 fully saturated rings. The molecular formula is C22H15ClF9N3O. The molecule has 3 rings (SSSR count). The average Bonchev–Trinajstić information content (AvgIpc) is 2.77. The Balaban J connectivity index is 2.28. The fourth-order valence-electron chi connectivity index (χ4n) is 3.04. The highest BCUT2D eigenvalue weighted by Crippen LogP contribution is 2.43. The zero-order valence-electron chi connectivity index (χ0n) is 18.1. The zero-order valence-corrected chi connectivity index (χ0v) is 18.8. The molecule has 0 spiro atoms. The van der Waals surface area contributed by atoms with E-state index in [-0.39, 0.29) is 25.3 Å². The predicted octanol–water partition coefficient (Wildman–Crippen LogP) is 7.42. The van der Waals surface area contributed by atoms with E-state index in [0.29, 0.717) is 11.6 Å². The Morgan fingerprint density at radius 3 is 2.06 bits per heavy atom. The molecule has 4 nitrogen and oxygen atoms in total. The van der Waals surface area contributed by atoms with Gasteiger partial charge in [0.25, 0.3) is 0 Å². The standard InChI is InChI=1S/C22H15ClF9N3O/c1-2-35-17(36-11-12-6-4-3-5-7-12)10-16(22(30,31)32)34-19(35)33-15-9-13(20(24,25)26)8-14(18(15)23)21(27,28)29/h3-10H,2,11H2,1H3. The molecule has 0 atom stereocenters. The molecule has 194 valence electrons. The van der Waals surface area contributed by atoms with Gasteiger partial charge in [-0.1, -0.05) is 41.9 Å². The van der Waals surface area contributed by atoms with Gasteiger partial charge in [0, 0.05) is 12.6 Å². The third-order valence-electron chi connectivity index (χ3n) is 4.73. The van der Waals surface area contributed by atoms with Crippen molar-refractivity contribution in [2.24, 2.45) is 4.99 Å². The van der Waals surface area contributed by atoms with Crippen LogP contribution in [0.25, 0.3) is 0 Å². The molecule has 1 heterocycles. The van der Waals surface area contributed by atoms with Crippen LogP contribution in [-0.2, 0) is 31.7 Å². The molecule has 1 aromatic heterocycles. The van der Waals surface area contributed by atoms with Crippen molar-refractivity contribution in [3.63, 3.8) is 0 Å². The zero-order chi connectivity index (χ0) is 26.9. The number of aromatic nitrogens is 2. The Bertz CT molecular complexity index is 1300. The third-order valence-corrected chi connectivity index (χ3v) is 5.13. The number of halogens is 10. The van der Waals surface area contributed by atoms with Gasteiger partial charge in [0.05, 0.1) is 21.8 Å². The average molecular weight is 544 g/mol. The van der Waals surface area contributed by atoms with Gasteiger partial charge in [-0.3, -0.25) is 4.57 Å². The van der Waals surface area contributed by atoms with Crippen molar-refractivity contribution in [2.45, 2.75) is 38.6 Å². The maximum absolute atomic E-state index is 13.5. The fourth-order valence-corrected chi connectivity index (χ4v) is 3.30. The van der Waals surface area contributed by atoms with Crippen LogP contribution in [0, 0.1) is 0 Å². The van der Waals surface area contributed by atoms with Crippen molar-refractivity contribution >= 4 is 17.3 Å². The lowest BCUT2D eigenvalue weighted by molar-refractivity contribution is -0.143. The first-order valence-electron chi connectivity index (χ1n) is 9.99. The molecular weight excluding hydrogens is 529 g/mol. The summed E-state index contributed by atoms with van der Waals surface area (Å²) in [7, 11) is 0. The molecule has 0 N–H and O–H groups in total. The van der Waals surface area contributed by atoms with Gasteiger partial charge in [0.2, 0.25) is 5.62 Å². The lowest BCUT2D eigenvalue weighted by Gasteiger charge is -2.17. The number of benzene rings is 2. The van der Waals surface area contributed by atoms with E-state index in [1.807, 2.05) is 0 Å². The van der Waals surface area contributed by atoms with Crippen LogP contribution in [0.2, 0.25) is 5.02 Å². The van der Waals surface area contributed by atoms with E-state index in [0.717, 1.165) is 4.57 Å². The largest absolute Gasteiger partial charge is 0.474 e. The summed E-state index contributed by atoms with van der Waals surface area (Å²) < 4.78 is 127. The summed E-state index contributed by atoms with van der Waals surface area (Å²) in [4.78, 5) is 6.91. The highest BCUT2D eigenvalue weighted by Gasteiger charge is 2.39. The van der Waals surface area contributed by atoms with E-state index in [1.165, 1.54) is 6.92 Å². The summed E-state index contributed by atoms with van der Waals surface area (Å²) >= 11 is 5.70. The van der Waals surface area contributed by atoms with Crippen molar-refractivity contribution in [3.8, 4) is 5.88 Å². The van der Waals surface area contributed by atoms with Crippen LogP contribution in [0.15, 0.2) is 53.5 Å². The van der Waals surface area contributed by atoms with Gasteiger partial charge < -0.3 is 4.74 Å². The summed E-state index contributed by atoms with van der Waals surface area (Å²) in [6, 6.07) is 8.84. The maximum Gasteiger partial charge on any atom is 0.433 e. The Labute approximate surface area is 202 Å². The second-order valence-electron chi connectivity index (χ2n) is 7.26. The number of alkyl halides is 9. The lowest BCUT2D eigenvalue weighted by atomic mass is 10.1. The molecule has 0 saturated carbocycles. The van der Waals surface area contributed by atoms with Crippen molar-refractivity contribution in [1.29, 1.82) is 0 Å². The molecule has 0 amide bonds. The van der Waals surface area contributed by atoms with Crippen LogP contribution >= 0.6 is 11.6 Å². The van der Waals surface area contributed by atoms with Crippen LogP contribution in [0.1, 0.15) is 29.3 Å². The first kappa shape index (κ1) is 27.4. The predicted molar refractivity (Wildman–Crippen MR) is 110 cm³/mol. The number of nitrogens with zero attached hydrogens (tertiary/aromatic N) is 3. The molecule has 0 bridgehead atoms. The molecule has 0 aliphatic heterocycles. The highest BCUT2D eigenvalue weighted by molar-refractivity contribution is 6.33. The normalized spacial score (nSPS) is 13.2. The Morgan fingerprint density at radius 1 is 0.889 bits per heavy atom. The second kappa shape index (κ2) is 10.0. The fraction of sp³-hybridized carbons (Fsp3) is 0.273. The molecule has 3 aromatic rings. The molecule has 2 aromatic carbocycles. The van der Waals surface area contributed by atoms with E-state index in [9.17, 15) is 39.5 Å². The van der Waals surface area contributed by atoms with Gasteiger partial charge in [-0.05, 0) is 24.6 Å². The van der Waals surface area contributed by atoms with E-state index >= 15 is 0 Å². The molecule has 0 saturated heterocycles. The van der Waals surface area contributed by atoms with Gasteiger partial charge in [-0.2, -0.15) is 39.5 Å². The van der Waals surface area contributed by atoms with E-state index in [4.69, 9.17) is 16.3 Å². The smallest absolute Gasteiger partial charge is 0.433 e. The van der Waals surface area contributed by atoms with Crippen LogP contribution < -0.4 is 10.4 Å². The van der Waals surface area contributed by atoms with Crippen LogP contribution in [0.3, 0.4) is 0 Å². The third kappa shape index (κ3) is 6.31. The van der Waals surface area contributed by atoms with E-state index in [1.54, 1.807) is 30.3 Å². The number of ether oxygens (including phenoxy) is 1. The van der Waals surface area contributed by atoms with E-state index in [2.05, 4.69) is 9.98 Å². The van der Waals surface area contributed by atoms with Gasteiger partial charge >= 0.3 is 18.5 Å². The quantitative estimate of drug-likeness (QED) is 0.314. The molecule has 36 heavy (non-hydrogen) atoms. The minimum Gasteiger partial charge on any atom is -0.474 e. The Morgan fingerprint density at radius 2 is 1.53 bits per heavy atom. The molecule has 0 unspecified atom stereocenters. The van der Waals surface area contributed by atoms with Gasteiger partial charge in [-0.15, -0.1) is 0 Å². The van der Waals surface area contributed by atoms with Crippen LogP contribution in [-0.4, -0.2) is 9.55 Å². The molecule has 0 radical (unpaired) electrons. The summed E-state index contributed by atoms with van der Waals surface area (Å²) in [5.74, 6) is -0.415. The minimum atomic E-state index is -5.30. The van der Waals surface area contributed by atoms with Crippen molar-refractivity contribution in [2.75, 3.05) is 0 Å². The molecule has 0 aliphatic carbocycles. The minimum absolute atomic E-state index is 0.142. The second-order valence-corrected chi connectivity index (χ2v) is 7.64. The van der Waals surface area contributed by atoms with Crippen LogP contribution in [0.4, 0.5) is 45.2 Å². The highest BCUT2D eigenvalue weighted by atomic mass is 35.5. The lowest BCUT2D eigenvalue weighted by Crippen LogP contribution is -2.29. The number of hydrogen-bond acceptors (Lipinski definition) is 3. The van der Waals surface area contributed by atoms with Crippen molar-refractivity contribution in [3.05, 3.63) is 81.6 Å². The monoisotopic (exact) mass is 543 g/mol. The van der Waals surface area contributed by atoms with Gasteiger partial charge in [0.15, 0.2) is 11.6 Å². The van der Waals surface area contributed by atoms with E-state index < -0.39 is 57.6 Å². The molecule has 0 aliphatic rings. The number of hydrogen-bond donors (Lipinski definition) is 0.